The molecule has 1 N–H and O–H groups in total. The summed E-state index contributed by atoms with van der Waals surface area (Å²) in [6.45, 7) is 6.00. The van der Waals surface area contributed by atoms with E-state index >= 15 is 0 Å². The molecule has 1 aliphatic rings. The number of carbonyl (C=O) groups is 1. The maximum absolute atomic E-state index is 12.3. The highest BCUT2D eigenvalue weighted by Crippen LogP contribution is 2.31. The van der Waals surface area contributed by atoms with Gasteiger partial charge in [-0.05, 0) is 32.4 Å². The smallest absolute Gasteiger partial charge is 0.336 e. The van der Waals surface area contributed by atoms with Crippen LogP contribution in [0.5, 0.6) is 0 Å². The number of nitrogens with one attached hydrogen (secondary N) is 1. The molecule has 5 heteroatoms. The first-order chi connectivity index (χ1) is 9.69. The Hall–Kier alpha value is -2.17. The van der Waals surface area contributed by atoms with E-state index in [1.165, 1.54) is 0 Å². The van der Waals surface area contributed by atoms with Gasteiger partial charge in [-0.1, -0.05) is 13.0 Å². The van der Waals surface area contributed by atoms with Gasteiger partial charge in [0.05, 0.1) is 29.5 Å². The van der Waals surface area contributed by atoms with Gasteiger partial charge >= 0.3 is 5.97 Å². The molecule has 20 heavy (non-hydrogen) atoms. The van der Waals surface area contributed by atoms with Crippen molar-refractivity contribution in [2.45, 2.75) is 33.1 Å². The van der Waals surface area contributed by atoms with Crippen LogP contribution in [0.25, 0.3) is 0 Å². The van der Waals surface area contributed by atoms with Gasteiger partial charge in [0.15, 0.2) is 0 Å². The third-order valence-corrected chi connectivity index (χ3v) is 3.23. The van der Waals surface area contributed by atoms with Crippen molar-refractivity contribution in [1.82, 2.24) is 10.4 Å². The highest BCUT2D eigenvalue weighted by molar-refractivity contribution is 6.04. The number of hydrogen-bond acceptors (Lipinski definition) is 5. The average molecular weight is 273 g/mol. The minimum Gasteiger partial charge on any atom is -0.463 e. The summed E-state index contributed by atoms with van der Waals surface area (Å²) in [5.41, 5.74) is 5.93. The van der Waals surface area contributed by atoms with Crippen LogP contribution < -0.4 is 5.43 Å². The fourth-order valence-electron chi connectivity index (χ4n) is 2.29. The molecule has 1 atom stereocenters. The Balaban J connectivity index is 2.47. The minimum atomic E-state index is -0.311. The molecule has 2 heterocycles. The fraction of sp³-hybridized carbons (Fsp3) is 0.400. The summed E-state index contributed by atoms with van der Waals surface area (Å²) in [4.78, 5) is 16.6. The molecule has 0 aliphatic carbocycles. The molecule has 1 aliphatic heterocycles. The summed E-state index contributed by atoms with van der Waals surface area (Å²) in [6, 6.07) is 5.68. The molecule has 0 fully saturated rings. The van der Waals surface area contributed by atoms with Crippen LogP contribution in [-0.2, 0) is 9.53 Å². The van der Waals surface area contributed by atoms with Gasteiger partial charge in [-0.15, -0.1) is 0 Å². The Labute approximate surface area is 118 Å². The van der Waals surface area contributed by atoms with Crippen LogP contribution in [0.1, 0.15) is 38.8 Å². The summed E-state index contributed by atoms with van der Waals surface area (Å²) in [6.07, 6.45) is 2.47. The Morgan fingerprint density at radius 3 is 2.80 bits per heavy atom. The molecule has 1 aromatic heterocycles. The van der Waals surface area contributed by atoms with Crippen molar-refractivity contribution in [3.05, 3.63) is 41.4 Å². The fourth-order valence-corrected chi connectivity index (χ4v) is 2.29. The second-order valence-electron chi connectivity index (χ2n) is 4.52. The van der Waals surface area contributed by atoms with Crippen LogP contribution >= 0.6 is 0 Å². The molecule has 0 spiro atoms. The molecule has 5 nitrogen and oxygen atoms in total. The van der Waals surface area contributed by atoms with Crippen molar-refractivity contribution >= 4 is 11.7 Å². The number of hydrogen-bond donors (Lipinski definition) is 1. The molecule has 0 saturated carbocycles. The lowest BCUT2D eigenvalue weighted by Crippen LogP contribution is -2.31. The number of hydrazone groups is 1. The summed E-state index contributed by atoms with van der Waals surface area (Å²) in [7, 11) is 0. The van der Waals surface area contributed by atoms with E-state index in [0.717, 1.165) is 23.5 Å². The van der Waals surface area contributed by atoms with Gasteiger partial charge in [-0.2, -0.15) is 5.10 Å². The number of aromatic nitrogens is 1. The van der Waals surface area contributed by atoms with Gasteiger partial charge in [0.2, 0.25) is 0 Å². The first kappa shape index (κ1) is 14.2. The predicted octanol–water partition coefficient (Wildman–Crippen LogP) is 2.37. The van der Waals surface area contributed by atoms with Crippen LogP contribution in [0.4, 0.5) is 0 Å². The molecular weight excluding hydrogens is 254 g/mol. The molecule has 106 valence electrons. The number of carbonyl (C=O) groups excluding carboxylic acids is 1. The third-order valence-electron chi connectivity index (χ3n) is 3.23. The lowest BCUT2D eigenvalue weighted by atomic mass is 9.86. The van der Waals surface area contributed by atoms with E-state index in [1.54, 1.807) is 13.1 Å². The maximum Gasteiger partial charge on any atom is 0.336 e. The summed E-state index contributed by atoms with van der Waals surface area (Å²) in [5, 5.41) is 4.34. The molecule has 0 aromatic carbocycles. The Kier molecular flexibility index (Phi) is 4.50. The number of esters is 1. The highest BCUT2D eigenvalue weighted by atomic mass is 16.5. The number of allylic oxidation sites excluding steroid dienone is 1. The molecule has 1 unspecified atom stereocenters. The normalized spacial score (nSPS) is 18.4. The zero-order valence-corrected chi connectivity index (χ0v) is 12.0. The van der Waals surface area contributed by atoms with E-state index < -0.39 is 0 Å². The van der Waals surface area contributed by atoms with Crippen LogP contribution in [-0.4, -0.2) is 23.3 Å². The summed E-state index contributed by atoms with van der Waals surface area (Å²) >= 11 is 0. The molecule has 1 aromatic rings. The first-order valence-corrected chi connectivity index (χ1v) is 6.80. The van der Waals surface area contributed by atoms with Crippen molar-refractivity contribution in [2.24, 2.45) is 5.10 Å². The van der Waals surface area contributed by atoms with Crippen molar-refractivity contribution in [3.63, 3.8) is 0 Å². The highest BCUT2D eigenvalue weighted by Gasteiger charge is 2.33. The minimum absolute atomic E-state index is 0.235. The second kappa shape index (κ2) is 6.32. The van der Waals surface area contributed by atoms with E-state index in [0.29, 0.717) is 12.2 Å². The van der Waals surface area contributed by atoms with Crippen molar-refractivity contribution < 1.29 is 9.53 Å². The molecular formula is C15H19N3O2. The first-order valence-electron chi connectivity index (χ1n) is 6.80. The van der Waals surface area contributed by atoms with Crippen LogP contribution in [0.15, 0.2) is 40.8 Å². The number of nitrogens with zero attached hydrogens (tertiary/aromatic N) is 2. The predicted molar refractivity (Wildman–Crippen MR) is 77.2 cm³/mol. The van der Waals surface area contributed by atoms with E-state index in [9.17, 15) is 4.79 Å². The molecule has 0 saturated heterocycles. The average Bonchev–Trinajstić information content (AvgIpc) is 2.48. The van der Waals surface area contributed by atoms with E-state index in [2.05, 4.69) is 15.5 Å². The monoisotopic (exact) mass is 273 g/mol. The van der Waals surface area contributed by atoms with Crippen LogP contribution in [0.3, 0.4) is 0 Å². The Morgan fingerprint density at radius 1 is 1.40 bits per heavy atom. The van der Waals surface area contributed by atoms with Gasteiger partial charge in [0.1, 0.15) is 0 Å². The zero-order valence-electron chi connectivity index (χ0n) is 12.0. The molecule has 0 bridgehead atoms. The number of pyridine rings is 1. The lowest BCUT2D eigenvalue weighted by Gasteiger charge is -2.26. The van der Waals surface area contributed by atoms with Crippen molar-refractivity contribution in [3.8, 4) is 0 Å². The van der Waals surface area contributed by atoms with Gasteiger partial charge in [-0.25, -0.2) is 4.79 Å². The number of rotatable bonds is 4. The maximum atomic E-state index is 12.3. The third kappa shape index (κ3) is 2.71. The van der Waals surface area contributed by atoms with Crippen molar-refractivity contribution in [2.75, 3.05) is 6.61 Å². The van der Waals surface area contributed by atoms with E-state index in [1.807, 2.05) is 32.0 Å². The van der Waals surface area contributed by atoms with Crippen LogP contribution in [0.2, 0.25) is 0 Å². The van der Waals surface area contributed by atoms with E-state index in [4.69, 9.17) is 4.74 Å². The standard InChI is InChI=1S/C15H19N3O2/c1-4-11-14(12-8-6-7-9-16-12)13(10(3)17-18-11)15(19)20-5-2/h6-9,14,17H,4-5H2,1-3H3. The SMILES string of the molecule is CCOC(=O)C1=C(C)NN=C(CC)C1c1ccccn1. The van der Waals surface area contributed by atoms with Gasteiger partial charge in [-0.3, -0.25) is 10.4 Å². The topological polar surface area (TPSA) is 63.6 Å². The molecule has 2 rings (SSSR count). The van der Waals surface area contributed by atoms with Gasteiger partial charge in [0.25, 0.3) is 0 Å². The summed E-state index contributed by atoms with van der Waals surface area (Å²) < 4.78 is 5.18. The zero-order chi connectivity index (χ0) is 14.5. The quantitative estimate of drug-likeness (QED) is 0.855. The van der Waals surface area contributed by atoms with Gasteiger partial charge < -0.3 is 4.74 Å². The number of ether oxygens (including phenoxy) is 1. The Morgan fingerprint density at radius 2 is 2.20 bits per heavy atom. The van der Waals surface area contributed by atoms with E-state index in [-0.39, 0.29) is 11.9 Å². The Bertz CT molecular complexity index is 549. The second-order valence-corrected chi connectivity index (χ2v) is 4.52. The van der Waals surface area contributed by atoms with Crippen LogP contribution in [0, 0.1) is 0 Å². The lowest BCUT2D eigenvalue weighted by molar-refractivity contribution is -0.138. The molecule has 0 radical (unpaired) electrons. The van der Waals surface area contributed by atoms with Gasteiger partial charge in [0, 0.05) is 11.9 Å². The summed E-state index contributed by atoms with van der Waals surface area (Å²) in [5.74, 6) is -0.546. The molecule has 0 amide bonds. The van der Waals surface area contributed by atoms with Crippen molar-refractivity contribution in [1.29, 1.82) is 0 Å². The largest absolute Gasteiger partial charge is 0.463 e.